The molecule has 0 heterocycles. The number of hydrogen-bond donors (Lipinski definition) is 0. The van der Waals surface area contributed by atoms with Crippen molar-refractivity contribution in [1.29, 1.82) is 0 Å². The van der Waals surface area contributed by atoms with Crippen LogP contribution in [0.3, 0.4) is 0 Å². The highest BCUT2D eigenvalue weighted by Gasteiger charge is 2.38. The van der Waals surface area contributed by atoms with Gasteiger partial charge < -0.3 is 0 Å². The molecule has 2 heteroatoms. The van der Waals surface area contributed by atoms with Crippen molar-refractivity contribution in [1.82, 2.24) is 0 Å². The van der Waals surface area contributed by atoms with Crippen LogP contribution in [0.2, 0.25) is 0 Å². The smallest absolute Gasteiger partial charge is 0.173 e. The Morgan fingerprint density at radius 1 is 0.905 bits per heavy atom. The van der Waals surface area contributed by atoms with E-state index >= 15 is 0 Å². The highest BCUT2D eigenvalue weighted by Crippen LogP contribution is 2.37. The van der Waals surface area contributed by atoms with Crippen molar-refractivity contribution >= 4 is 11.6 Å². The van der Waals surface area contributed by atoms with Crippen molar-refractivity contribution in [2.24, 2.45) is 5.92 Å². The summed E-state index contributed by atoms with van der Waals surface area (Å²) in [5.41, 5.74) is 1.73. The molecule has 1 aliphatic carbocycles. The van der Waals surface area contributed by atoms with E-state index in [0.29, 0.717) is 12.0 Å². The quantitative estimate of drug-likeness (QED) is 0.627. The second-order valence-electron chi connectivity index (χ2n) is 5.58. The Bertz CT molecular complexity index is 631. The first-order valence-electron chi connectivity index (χ1n) is 7.44. The van der Waals surface area contributed by atoms with Gasteiger partial charge in [-0.2, -0.15) is 0 Å². The van der Waals surface area contributed by atoms with Crippen molar-refractivity contribution in [2.45, 2.75) is 25.2 Å². The van der Waals surface area contributed by atoms with Crippen LogP contribution in [0, 0.1) is 5.92 Å². The number of benzene rings is 2. The number of rotatable bonds is 3. The molecule has 0 radical (unpaired) electrons. The van der Waals surface area contributed by atoms with Gasteiger partial charge in [0.2, 0.25) is 0 Å². The number of carbonyl (C=O) groups excluding carboxylic acids is 2. The first-order valence-corrected chi connectivity index (χ1v) is 7.44. The molecule has 2 nitrogen and oxygen atoms in total. The molecule has 0 aliphatic heterocycles. The Labute approximate surface area is 124 Å². The summed E-state index contributed by atoms with van der Waals surface area (Å²) in [7, 11) is 0. The molecule has 0 N–H and O–H groups in total. The third kappa shape index (κ3) is 2.80. The Morgan fingerprint density at radius 3 is 2.19 bits per heavy atom. The molecule has 0 spiro atoms. The fourth-order valence-corrected chi connectivity index (χ4v) is 3.21. The summed E-state index contributed by atoms with van der Waals surface area (Å²) in [6, 6.07) is 19.1. The van der Waals surface area contributed by atoms with Gasteiger partial charge in [-0.3, -0.25) is 9.59 Å². The van der Waals surface area contributed by atoms with Crippen molar-refractivity contribution in [3.05, 3.63) is 71.8 Å². The molecule has 21 heavy (non-hydrogen) atoms. The maximum absolute atomic E-state index is 12.8. The number of ketones is 2. The number of Topliss-reactive ketones (excluding diaryl/α,β-unsaturated/α-hetero) is 2. The van der Waals surface area contributed by atoms with E-state index in [-0.39, 0.29) is 17.5 Å². The van der Waals surface area contributed by atoms with E-state index in [1.807, 2.05) is 48.5 Å². The van der Waals surface area contributed by atoms with Gasteiger partial charge in [0.25, 0.3) is 0 Å². The molecular formula is C19H18O2. The minimum atomic E-state index is -0.524. The lowest BCUT2D eigenvalue weighted by molar-refractivity contribution is -0.123. The molecule has 0 bridgehead atoms. The van der Waals surface area contributed by atoms with Crippen molar-refractivity contribution in [3.8, 4) is 0 Å². The van der Waals surface area contributed by atoms with Crippen LogP contribution in [0.4, 0.5) is 0 Å². The summed E-state index contributed by atoms with van der Waals surface area (Å²) in [4.78, 5) is 25.1. The van der Waals surface area contributed by atoms with Crippen LogP contribution < -0.4 is 0 Å². The van der Waals surface area contributed by atoms with Gasteiger partial charge in [0.1, 0.15) is 5.78 Å². The third-order valence-corrected chi connectivity index (χ3v) is 4.26. The Morgan fingerprint density at radius 2 is 1.52 bits per heavy atom. The Kier molecular flexibility index (Phi) is 3.96. The molecule has 0 amide bonds. The van der Waals surface area contributed by atoms with E-state index in [9.17, 15) is 9.59 Å². The van der Waals surface area contributed by atoms with Gasteiger partial charge >= 0.3 is 0 Å². The minimum absolute atomic E-state index is 0.0140. The second kappa shape index (κ2) is 6.04. The predicted molar refractivity (Wildman–Crippen MR) is 82.3 cm³/mol. The van der Waals surface area contributed by atoms with E-state index in [2.05, 4.69) is 0 Å². The van der Waals surface area contributed by atoms with E-state index < -0.39 is 5.92 Å². The topological polar surface area (TPSA) is 34.1 Å². The van der Waals surface area contributed by atoms with Crippen LogP contribution in [0.1, 0.15) is 41.1 Å². The van der Waals surface area contributed by atoms with Crippen LogP contribution in [0.25, 0.3) is 0 Å². The SMILES string of the molecule is O=C1CCCC(c2ccccc2)C1C(=O)c1ccccc1. The molecule has 2 aromatic carbocycles. The van der Waals surface area contributed by atoms with Crippen LogP contribution in [0.5, 0.6) is 0 Å². The standard InChI is InChI=1S/C19H18O2/c20-17-13-7-12-16(14-8-3-1-4-9-14)18(17)19(21)15-10-5-2-6-11-15/h1-6,8-11,16,18H,7,12-13H2. The van der Waals surface area contributed by atoms with Gasteiger partial charge in [0.05, 0.1) is 5.92 Å². The van der Waals surface area contributed by atoms with Gasteiger partial charge in [-0.05, 0) is 18.4 Å². The van der Waals surface area contributed by atoms with E-state index in [1.165, 1.54) is 0 Å². The lowest BCUT2D eigenvalue weighted by Gasteiger charge is -2.29. The summed E-state index contributed by atoms with van der Waals surface area (Å²) < 4.78 is 0. The monoisotopic (exact) mass is 278 g/mol. The summed E-state index contributed by atoms with van der Waals surface area (Å²) in [6.07, 6.45) is 2.29. The summed E-state index contributed by atoms with van der Waals surface area (Å²) in [6.45, 7) is 0. The van der Waals surface area contributed by atoms with Gasteiger partial charge in [0, 0.05) is 17.9 Å². The average Bonchev–Trinajstić information content (AvgIpc) is 2.55. The predicted octanol–water partition coefficient (Wildman–Crippen LogP) is 4.02. The molecule has 2 atom stereocenters. The zero-order chi connectivity index (χ0) is 14.7. The molecule has 2 aromatic rings. The maximum Gasteiger partial charge on any atom is 0.173 e. The minimum Gasteiger partial charge on any atom is -0.299 e. The first kappa shape index (κ1) is 13.7. The van der Waals surface area contributed by atoms with E-state index in [1.54, 1.807) is 12.1 Å². The van der Waals surface area contributed by atoms with E-state index in [0.717, 1.165) is 18.4 Å². The normalized spacial score (nSPS) is 22.0. The fourth-order valence-electron chi connectivity index (χ4n) is 3.21. The average molecular weight is 278 g/mol. The summed E-state index contributed by atoms with van der Waals surface area (Å²) in [5.74, 6) is -0.457. The molecule has 1 aliphatic rings. The van der Waals surface area contributed by atoms with Crippen molar-refractivity contribution in [3.63, 3.8) is 0 Å². The van der Waals surface area contributed by atoms with Crippen LogP contribution in [-0.4, -0.2) is 11.6 Å². The van der Waals surface area contributed by atoms with Gasteiger partial charge in [-0.1, -0.05) is 60.7 Å². The van der Waals surface area contributed by atoms with Crippen LogP contribution >= 0.6 is 0 Å². The molecule has 1 fully saturated rings. The molecular weight excluding hydrogens is 260 g/mol. The molecule has 0 saturated heterocycles. The Hall–Kier alpha value is -2.22. The molecule has 1 saturated carbocycles. The molecule has 106 valence electrons. The summed E-state index contributed by atoms with van der Waals surface area (Å²) in [5, 5.41) is 0. The Balaban J connectivity index is 1.96. The third-order valence-electron chi connectivity index (χ3n) is 4.26. The van der Waals surface area contributed by atoms with Crippen LogP contribution in [-0.2, 0) is 4.79 Å². The van der Waals surface area contributed by atoms with Gasteiger partial charge in [-0.15, -0.1) is 0 Å². The zero-order valence-electron chi connectivity index (χ0n) is 11.9. The van der Waals surface area contributed by atoms with Gasteiger partial charge in [0.15, 0.2) is 5.78 Å². The first-order chi connectivity index (χ1) is 10.3. The number of hydrogen-bond acceptors (Lipinski definition) is 2. The second-order valence-corrected chi connectivity index (χ2v) is 5.58. The molecule has 3 rings (SSSR count). The lowest BCUT2D eigenvalue weighted by atomic mass is 9.71. The summed E-state index contributed by atoms with van der Waals surface area (Å²) >= 11 is 0. The van der Waals surface area contributed by atoms with Crippen LogP contribution in [0.15, 0.2) is 60.7 Å². The molecule has 2 unspecified atom stereocenters. The number of carbonyl (C=O) groups is 2. The van der Waals surface area contributed by atoms with Crippen molar-refractivity contribution < 1.29 is 9.59 Å². The zero-order valence-corrected chi connectivity index (χ0v) is 11.9. The van der Waals surface area contributed by atoms with Gasteiger partial charge in [-0.25, -0.2) is 0 Å². The molecule has 0 aromatic heterocycles. The highest BCUT2D eigenvalue weighted by molar-refractivity contribution is 6.11. The fraction of sp³-hybridized carbons (Fsp3) is 0.263. The van der Waals surface area contributed by atoms with E-state index in [4.69, 9.17) is 0 Å². The maximum atomic E-state index is 12.8. The van der Waals surface area contributed by atoms with Crippen molar-refractivity contribution in [2.75, 3.05) is 0 Å². The largest absolute Gasteiger partial charge is 0.299 e. The highest BCUT2D eigenvalue weighted by atomic mass is 16.2. The lowest BCUT2D eigenvalue weighted by Crippen LogP contribution is -2.33.